The van der Waals surface area contributed by atoms with E-state index in [0.29, 0.717) is 4.88 Å². The Labute approximate surface area is 176 Å². The lowest BCUT2D eigenvalue weighted by atomic mass is 10.0. The maximum absolute atomic E-state index is 11.7. The second-order valence-corrected chi connectivity index (χ2v) is 8.84. The molecule has 29 heavy (non-hydrogen) atoms. The molecule has 0 aliphatic carbocycles. The van der Waals surface area contributed by atoms with E-state index < -0.39 is 5.97 Å². The SMILES string of the molecule is CCc1c(C(=O)O)sc2cccc(N3CCN(CCc4ccc(C)cc4)CC3)c12. The molecule has 1 fully saturated rings. The van der Waals surface area contributed by atoms with Crippen molar-refractivity contribution < 1.29 is 9.90 Å². The van der Waals surface area contributed by atoms with Crippen LogP contribution in [0.3, 0.4) is 0 Å². The minimum Gasteiger partial charge on any atom is -0.477 e. The molecule has 1 saturated heterocycles. The highest BCUT2D eigenvalue weighted by Gasteiger charge is 2.23. The third-order valence-corrected chi connectivity index (χ3v) is 7.08. The van der Waals surface area contributed by atoms with E-state index in [0.717, 1.165) is 61.2 Å². The van der Waals surface area contributed by atoms with Crippen molar-refractivity contribution in [1.29, 1.82) is 0 Å². The van der Waals surface area contributed by atoms with E-state index in [1.54, 1.807) is 0 Å². The number of hydrogen-bond acceptors (Lipinski definition) is 4. The third kappa shape index (κ3) is 4.16. The van der Waals surface area contributed by atoms with E-state index in [1.165, 1.54) is 28.2 Å². The van der Waals surface area contributed by atoms with Crippen LogP contribution in [0, 0.1) is 6.92 Å². The van der Waals surface area contributed by atoms with Gasteiger partial charge in [-0.25, -0.2) is 4.79 Å². The molecule has 4 nitrogen and oxygen atoms in total. The Hall–Kier alpha value is -2.37. The molecule has 1 aliphatic heterocycles. The zero-order valence-electron chi connectivity index (χ0n) is 17.1. The van der Waals surface area contributed by atoms with Gasteiger partial charge >= 0.3 is 5.97 Å². The zero-order valence-corrected chi connectivity index (χ0v) is 18.0. The summed E-state index contributed by atoms with van der Waals surface area (Å²) in [6.07, 6.45) is 1.83. The highest BCUT2D eigenvalue weighted by Crippen LogP contribution is 2.38. The zero-order chi connectivity index (χ0) is 20.4. The van der Waals surface area contributed by atoms with Crippen LogP contribution in [0.4, 0.5) is 5.69 Å². The number of aryl methyl sites for hydroxylation is 2. The molecule has 2 heterocycles. The molecule has 4 rings (SSSR count). The van der Waals surface area contributed by atoms with Gasteiger partial charge in [-0.2, -0.15) is 0 Å². The summed E-state index contributed by atoms with van der Waals surface area (Å²) >= 11 is 1.41. The molecule has 1 aromatic heterocycles. The molecular formula is C24H28N2O2S. The fourth-order valence-electron chi connectivity index (χ4n) is 4.22. The highest BCUT2D eigenvalue weighted by atomic mass is 32.1. The molecule has 1 N–H and O–H groups in total. The van der Waals surface area contributed by atoms with Crippen LogP contribution in [0.2, 0.25) is 0 Å². The second-order valence-electron chi connectivity index (χ2n) is 7.78. The molecule has 0 saturated carbocycles. The molecule has 0 atom stereocenters. The van der Waals surface area contributed by atoms with E-state index in [-0.39, 0.29) is 0 Å². The normalized spacial score (nSPS) is 15.2. The Morgan fingerprint density at radius 2 is 1.79 bits per heavy atom. The lowest BCUT2D eigenvalue weighted by Crippen LogP contribution is -2.47. The van der Waals surface area contributed by atoms with Crippen molar-refractivity contribution >= 4 is 33.1 Å². The Morgan fingerprint density at radius 1 is 1.07 bits per heavy atom. The molecule has 2 aromatic carbocycles. The minimum atomic E-state index is -0.810. The summed E-state index contributed by atoms with van der Waals surface area (Å²) < 4.78 is 1.08. The molecule has 5 heteroatoms. The van der Waals surface area contributed by atoms with Crippen LogP contribution in [0.1, 0.15) is 33.3 Å². The predicted octanol–water partition coefficient (Wildman–Crippen LogP) is 4.84. The van der Waals surface area contributed by atoms with E-state index in [1.807, 2.05) is 13.0 Å². The number of rotatable bonds is 6. The van der Waals surface area contributed by atoms with Crippen molar-refractivity contribution in [3.05, 3.63) is 64.0 Å². The van der Waals surface area contributed by atoms with E-state index in [2.05, 4.69) is 53.1 Å². The molecule has 0 spiro atoms. The van der Waals surface area contributed by atoms with Crippen LogP contribution in [-0.4, -0.2) is 48.7 Å². The van der Waals surface area contributed by atoms with Gasteiger partial charge in [-0.15, -0.1) is 11.3 Å². The van der Waals surface area contributed by atoms with Gasteiger partial charge in [-0.1, -0.05) is 42.8 Å². The maximum atomic E-state index is 11.7. The van der Waals surface area contributed by atoms with Gasteiger partial charge in [0.15, 0.2) is 0 Å². The fraction of sp³-hybridized carbons (Fsp3) is 0.375. The fourth-order valence-corrected chi connectivity index (χ4v) is 5.37. The lowest BCUT2D eigenvalue weighted by molar-refractivity contribution is 0.0701. The number of anilines is 1. The van der Waals surface area contributed by atoms with Crippen LogP contribution < -0.4 is 4.90 Å². The van der Waals surface area contributed by atoms with E-state index >= 15 is 0 Å². The number of carbonyl (C=O) groups is 1. The number of fused-ring (bicyclic) bond motifs is 1. The number of nitrogens with zero attached hydrogens (tertiary/aromatic N) is 2. The summed E-state index contributed by atoms with van der Waals surface area (Å²) in [5.41, 5.74) is 4.88. The van der Waals surface area contributed by atoms with Gasteiger partial charge in [0.25, 0.3) is 0 Å². The predicted molar refractivity (Wildman–Crippen MR) is 122 cm³/mol. The molecule has 0 radical (unpaired) electrons. The minimum absolute atomic E-state index is 0.492. The maximum Gasteiger partial charge on any atom is 0.346 e. The Balaban J connectivity index is 1.46. The first-order valence-corrected chi connectivity index (χ1v) is 11.2. The summed E-state index contributed by atoms with van der Waals surface area (Å²) in [6, 6.07) is 15.1. The first kappa shape index (κ1) is 19.9. The number of aromatic carboxylic acids is 1. The van der Waals surface area contributed by atoms with Crippen LogP contribution in [0.25, 0.3) is 10.1 Å². The first-order valence-electron chi connectivity index (χ1n) is 10.4. The standard InChI is InChI=1S/C24H28N2O2S/c1-3-19-22-20(5-4-6-21(22)29-23(19)24(27)28)26-15-13-25(14-16-26)12-11-18-9-7-17(2)8-10-18/h4-10H,3,11-16H2,1-2H3,(H,27,28). The summed E-state index contributed by atoms with van der Waals surface area (Å²) in [6.45, 7) is 9.30. The van der Waals surface area contributed by atoms with E-state index in [9.17, 15) is 9.90 Å². The van der Waals surface area contributed by atoms with Crippen molar-refractivity contribution in [3.63, 3.8) is 0 Å². The number of piperazine rings is 1. The quantitative estimate of drug-likeness (QED) is 0.634. The van der Waals surface area contributed by atoms with Crippen molar-refractivity contribution in [2.75, 3.05) is 37.6 Å². The summed E-state index contributed by atoms with van der Waals surface area (Å²) in [5.74, 6) is -0.810. The van der Waals surface area contributed by atoms with Crippen LogP contribution in [-0.2, 0) is 12.8 Å². The number of carboxylic acids is 1. The van der Waals surface area contributed by atoms with Crippen molar-refractivity contribution in [2.45, 2.75) is 26.7 Å². The number of thiophene rings is 1. The number of hydrogen-bond donors (Lipinski definition) is 1. The van der Waals surface area contributed by atoms with Gasteiger partial charge in [0.2, 0.25) is 0 Å². The molecule has 0 unspecified atom stereocenters. The largest absolute Gasteiger partial charge is 0.477 e. The molecule has 1 aliphatic rings. The molecule has 0 amide bonds. The van der Waals surface area contributed by atoms with Crippen LogP contribution >= 0.6 is 11.3 Å². The van der Waals surface area contributed by atoms with Crippen molar-refractivity contribution in [1.82, 2.24) is 4.90 Å². The average Bonchev–Trinajstić information content (AvgIpc) is 3.13. The van der Waals surface area contributed by atoms with Crippen LogP contribution in [0.5, 0.6) is 0 Å². The summed E-state index contributed by atoms with van der Waals surface area (Å²) in [5, 5.41) is 10.7. The topological polar surface area (TPSA) is 43.8 Å². The summed E-state index contributed by atoms with van der Waals surface area (Å²) in [7, 11) is 0. The number of carboxylic acid groups (broad SMARTS) is 1. The van der Waals surface area contributed by atoms with Gasteiger partial charge in [0, 0.05) is 48.5 Å². The number of benzene rings is 2. The third-order valence-electron chi connectivity index (χ3n) is 5.89. The molecule has 152 valence electrons. The average molecular weight is 409 g/mol. The highest BCUT2D eigenvalue weighted by molar-refractivity contribution is 7.21. The second kappa shape index (κ2) is 8.56. The Kier molecular flexibility index (Phi) is 5.88. The summed E-state index contributed by atoms with van der Waals surface area (Å²) in [4.78, 5) is 17.1. The lowest BCUT2D eigenvalue weighted by Gasteiger charge is -2.36. The Bertz CT molecular complexity index is 1000. The van der Waals surface area contributed by atoms with Crippen LogP contribution in [0.15, 0.2) is 42.5 Å². The van der Waals surface area contributed by atoms with E-state index in [4.69, 9.17) is 0 Å². The van der Waals surface area contributed by atoms with Gasteiger partial charge < -0.3 is 10.0 Å². The monoisotopic (exact) mass is 408 g/mol. The van der Waals surface area contributed by atoms with Gasteiger partial charge in [0.1, 0.15) is 4.88 Å². The van der Waals surface area contributed by atoms with Crippen molar-refractivity contribution in [2.24, 2.45) is 0 Å². The first-order chi connectivity index (χ1) is 14.1. The van der Waals surface area contributed by atoms with Gasteiger partial charge in [-0.3, -0.25) is 4.90 Å². The van der Waals surface area contributed by atoms with Gasteiger partial charge in [-0.05, 0) is 43.0 Å². The molecule has 3 aromatic rings. The van der Waals surface area contributed by atoms with Crippen molar-refractivity contribution in [3.8, 4) is 0 Å². The van der Waals surface area contributed by atoms with Gasteiger partial charge in [0.05, 0.1) is 0 Å². The molecular weight excluding hydrogens is 380 g/mol. The molecule has 0 bridgehead atoms. The smallest absolute Gasteiger partial charge is 0.346 e. The Morgan fingerprint density at radius 3 is 2.45 bits per heavy atom.